The van der Waals surface area contributed by atoms with Gasteiger partial charge < -0.3 is 5.11 Å². The Morgan fingerprint density at radius 2 is 2.08 bits per heavy atom. The van der Waals surface area contributed by atoms with Gasteiger partial charge >= 0.3 is 0 Å². The molecule has 1 saturated carbocycles. The van der Waals surface area contributed by atoms with Crippen LogP contribution in [0.15, 0.2) is 0 Å². The monoisotopic (exact) mass is 184 g/mol. The SMILES string of the molecule is CCC(O)C1(C)CCCCC1CC. The minimum Gasteiger partial charge on any atom is -0.393 e. The lowest BCUT2D eigenvalue weighted by Gasteiger charge is -2.44. The molecule has 0 heterocycles. The maximum Gasteiger partial charge on any atom is 0.0593 e. The van der Waals surface area contributed by atoms with Crippen LogP contribution in [-0.2, 0) is 0 Å². The quantitative estimate of drug-likeness (QED) is 0.713. The number of hydrogen-bond donors (Lipinski definition) is 1. The van der Waals surface area contributed by atoms with Gasteiger partial charge in [0.05, 0.1) is 6.10 Å². The molecular formula is C12H24O. The highest BCUT2D eigenvalue weighted by molar-refractivity contribution is 4.90. The molecule has 1 rings (SSSR count). The van der Waals surface area contributed by atoms with E-state index in [1.54, 1.807) is 0 Å². The zero-order chi connectivity index (χ0) is 9.90. The first-order chi connectivity index (χ1) is 6.15. The molecule has 0 aromatic rings. The van der Waals surface area contributed by atoms with Crippen LogP contribution in [0.5, 0.6) is 0 Å². The minimum atomic E-state index is -0.0854. The van der Waals surface area contributed by atoms with Gasteiger partial charge in [0.1, 0.15) is 0 Å². The van der Waals surface area contributed by atoms with Gasteiger partial charge in [0.2, 0.25) is 0 Å². The van der Waals surface area contributed by atoms with Crippen molar-refractivity contribution in [1.82, 2.24) is 0 Å². The first-order valence-electron chi connectivity index (χ1n) is 5.83. The lowest BCUT2D eigenvalue weighted by Crippen LogP contribution is -2.41. The van der Waals surface area contributed by atoms with E-state index >= 15 is 0 Å². The van der Waals surface area contributed by atoms with Crippen LogP contribution in [-0.4, -0.2) is 11.2 Å². The van der Waals surface area contributed by atoms with Crippen molar-refractivity contribution in [2.75, 3.05) is 0 Å². The maximum absolute atomic E-state index is 10.0. The molecule has 1 heteroatoms. The fourth-order valence-electron chi connectivity index (χ4n) is 3.01. The molecule has 78 valence electrons. The topological polar surface area (TPSA) is 20.2 Å². The average Bonchev–Trinajstić information content (AvgIpc) is 2.17. The first-order valence-corrected chi connectivity index (χ1v) is 5.83. The summed E-state index contributed by atoms with van der Waals surface area (Å²) >= 11 is 0. The second kappa shape index (κ2) is 4.45. The summed E-state index contributed by atoms with van der Waals surface area (Å²) in [7, 11) is 0. The molecule has 1 aliphatic rings. The van der Waals surface area contributed by atoms with Crippen LogP contribution in [0.25, 0.3) is 0 Å². The van der Waals surface area contributed by atoms with Gasteiger partial charge in [-0.25, -0.2) is 0 Å². The predicted molar refractivity (Wildman–Crippen MR) is 56.7 cm³/mol. The second-order valence-corrected chi connectivity index (χ2v) is 4.78. The third-order valence-corrected chi connectivity index (χ3v) is 4.09. The van der Waals surface area contributed by atoms with Gasteiger partial charge in [0.25, 0.3) is 0 Å². The van der Waals surface area contributed by atoms with Crippen molar-refractivity contribution in [1.29, 1.82) is 0 Å². The largest absolute Gasteiger partial charge is 0.393 e. The van der Waals surface area contributed by atoms with E-state index in [1.807, 2.05) is 0 Å². The van der Waals surface area contributed by atoms with E-state index in [9.17, 15) is 5.11 Å². The summed E-state index contributed by atoms with van der Waals surface area (Å²) in [5, 5.41) is 10.0. The number of aliphatic hydroxyl groups is 1. The Hall–Kier alpha value is -0.0400. The van der Waals surface area contributed by atoms with Gasteiger partial charge in [-0.05, 0) is 30.6 Å². The molecule has 1 nitrogen and oxygen atoms in total. The van der Waals surface area contributed by atoms with Crippen molar-refractivity contribution in [3.63, 3.8) is 0 Å². The van der Waals surface area contributed by atoms with Gasteiger partial charge in [-0.3, -0.25) is 0 Å². The van der Waals surface area contributed by atoms with Crippen LogP contribution < -0.4 is 0 Å². The van der Waals surface area contributed by atoms with E-state index < -0.39 is 0 Å². The predicted octanol–water partition coefficient (Wildman–Crippen LogP) is 3.36. The van der Waals surface area contributed by atoms with E-state index in [0.717, 1.165) is 12.3 Å². The van der Waals surface area contributed by atoms with Gasteiger partial charge in [-0.15, -0.1) is 0 Å². The van der Waals surface area contributed by atoms with Crippen LogP contribution in [0.4, 0.5) is 0 Å². The second-order valence-electron chi connectivity index (χ2n) is 4.78. The number of hydrogen-bond acceptors (Lipinski definition) is 1. The molecule has 1 fully saturated rings. The third kappa shape index (κ3) is 2.07. The zero-order valence-corrected chi connectivity index (χ0v) is 9.34. The molecule has 0 aromatic carbocycles. The van der Waals surface area contributed by atoms with Gasteiger partial charge in [-0.1, -0.05) is 40.0 Å². The van der Waals surface area contributed by atoms with E-state index in [4.69, 9.17) is 0 Å². The highest BCUT2D eigenvalue weighted by atomic mass is 16.3. The molecule has 0 saturated heterocycles. The van der Waals surface area contributed by atoms with Crippen molar-refractivity contribution in [3.8, 4) is 0 Å². The first kappa shape index (κ1) is 11.0. The van der Waals surface area contributed by atoms with Crippen molar-refractivity contribution in [3.05, 3.63) is 0 Å². The highest BCUT2D eigenvalue weighted by Crippen LogP contribution is 2.45. The summed E-state index contributed by atoms with van der Waals surface area (Å²) in [5.74, 6) is 0.746. The molecule has 0 amide bonds. The molecule has 0 aliphatic heterocycles. The van der Waals surface area contributed by atoms with Crippen LogP contribution in [0.2, 0.25) is 0 Å². The normalized spacial score (nSPS) is 37.4. The Balaban J connectivity index is 2.70. The number of rotatable bonds is 3. The van der Waals surface area contributed by atoms with Crippen LogP contribution in [0.1, 0.15) is 59.3 Å². The molecule has 1 N–H and O–H groups in total. The van der Waals surface area contributed by atoms with Gasteiger partial charge in [0.15, 0.2) is 0 Å². The Labute approximate surface area is 82.5 Å². The van der Waals surface area contributed by atoms with Crippen LogP contribution >= 0.6 is 0 Å². The highest BCUT2D eigenvalue weighted by Gasteiger charge is 2.40. The Morgan fingerprint density at radius 3 is 2.62 bits per heavy atom. The fraction of sp³-hybridized carbons (Fsp3) is 1.00. The molecule has 3 atom stereocenters. The summed E-state index contributed by atoms with van der Waals surface area (Å²) < 4.78 is 0. The lowest BCUT2D eigenvalue weighted by atomic mass is 9.63. The summed E-state index contributed by atoms with van der Waals surface area (Å²) in [6, 6.07) is 0. The standard InChI is InChI=1S/C12H24O/c1-4-10-8-6-7-9-12(10,3)11(13)5-2/h10-11,13H,4-9H2,1-3H3. The van der Waals surface area contributed by atoms with Crippen molar-refractivity contribution in [2.45, 2.75) is 65.4 Å². The molecule has 3 unspecified atom stereocenters. The van der Waals surface area contributed by atoms with E-state index in [2.05, 4.69) is 20.8 Å². The van der Waals surface area contributed by atoms with E-state index in [1.165, 1.54) is 32.1 Å². The average molecular weight is 184 g/mol. The van der Waals surface area contributed by atoms with Crippen LogP contribution in [0, 0.1) is 11.3 Å². The molecule has 1 aliphatic carbocycles. The van der Waals surface area contributed by atoms with Crippen molar-refractivity contribution in [2.24, 2.45) is 11.3 Å². The maximum atomic E-state index is 10.0. The summed E-state index contributed by atoms with van der Waals surface area (Å²) in [5.41, 5.74) is 0.210. The smallest absolute Gasteiger partial charge is 0.0593 e. The Kier molecular flexibility index (Phi) is 3.78. The summed E-state index contributed by atoms with van der Waals surface area (Å²) in [6.45, 7) is 6.64. The van der Waals surface area contributed by atoms with Crippen molar-refractivity contribution >= 4 is 0 Å². The molecule has 0 aromatic heterocycles. The fourth-order valence-corrected chi connectivity index (χ4v) is 3.01. The summed E-state index contributed by atoms with van der Waals surface area (Å²) in [4.78, 5) is 0. The molecule has 0 bridgehead atoms. The van der Waals surface area contributed by atoms with Gasteiger partial charge in [-0.2, -0.15) is 0 Å². The molecule has 0 spiro atoms. The Morgan fingerprint density at radius 1 is 1.38 bits per heavy atom. The Bertz CT molecular complexity index is 155. The van der Waals surface area contributed by atoms with E-state index in [0.29, 0.717) is 0 Å². The number of aliphatic hydroxyl groups excluding tert-OH is 1. The zero-order valence-electron chi connectivity index (χ0n) is 9.34. The van der Waals surface area contributed by atoms with Crippen LogP contribution in [0.3, 0.4) is 0 Å². The molecular weight excluding hydrogens is 160 g/mol. The molecule has 0 radical (unpaired) electrons. The third-order valence-electron chi connectivity index (χ3n) is 4.09. The minimum absolute atomic E-state index is 0.0854. The molecule has 13 heavy (non-hydrogen) atoms. The lowest BCUT2D eigenvalue weighted by molar-refractivity contribution is -0.0365. The summed E-state index contributed by atoms with van der Waals surface area (Å²) in [6.07, 6.45) is 7.28. The van der Waals surface area contributed by atoms with E-state index in [-0.39, 0.29) is 11.5 Å². The van der Waals surface area contributed by atoms with Gasteiger partial charge in [0, 0.05) is 0 Å². The van der Waals surface area contributed by atoms with Crippen molar-refractivity contribution < 1.29 is 5.11 Å².